The number of benzene rings is 3. The number of nitrogens with zero attached hydrogens (tertiary/aromatic N) is 1. The van der Waals surface area contributed by atoms with Gasteiger partial charge in [0.15, 0.2) is 0 Å². The molecule has 44 heavy (non-hydrogen) atoms. The molecule has 5 rings (SSSR count). The Kier molecular flexibility index (Phi) is 10.4. The summed E-state index contributed by atoms with van der Waals surface area (Å²) in [6, 6.07) is 17.1. The Morgan fingerprint density at radius 2 is 1.64 bits per heavy atom. The van der Waals surface area contributed by atoms with Crippen LogP contribution in [0.4, 0.5) is 8.78 Å². The molecule has 0 amide bonds. The minimum Gasteiger partial charge on any atom is -0.493 e. The van der Waals surface area contributed by atoms with Gasteiger partial charge in [0.25, 0.3) is 0 Å². The lowest BCUT2D eigenvalue weighted by Crippen LogP contribution is -2.10. The molecule has 0 saturated heterocycles. The molecule has 4 aromatic rings. The van der Waals surface area contributed by atoms with Crippen molar-refractivity contribution < 1.29 is 33.3 Å². The van der Waals surface area contributed by atoms with E-state index in [0.717, 1.165) is 58.2 Å². The number of aliphatic carboxylic acids is 1. The highest BCUT2D eigenvalue weighted by Crippen LogP contribution is 2.41. The fourth-order valence-corrected chi connectivity index (χ4v) is 5.16. The van der Waals surface area contributed by atoms with E-state index in [1.165, 1.54) is 12.1 Å². The lowest BCUT2D eigenvalue weighted by molar-refractivity contribution is -0.136. The van der Waals surface area contributed by atoms with Crippen molar-refractivity contribution in [2.75, 3.05) is 13.2 Å². The molecule has 1 aliphatic heterocycles. The Hall–Kier alpha value is -4.30. The van der Waals surface area contributed by atoms with Gasteiger partial charge in [0.2, 0.25) is 0 Å². The number of carboxylic acid groups (broad SMARTS) is 1. The number of aliphatic hydroxyl groups is 1. The fourth-order valence-electron chi connectivity index (χ4n) is 5.16. The highest BCUT2D eigenvalue weighted by Gasteiger charge is 2.22. The number of pyridine rings is 1. The van der Waals surface area contributed by atoms with Crippen molar-refractivity contribution in [2.24, 2.45) is 0 Å². The number of halogens is 2. The Balaban J connectivity index is 0.000000818. The monoisotopic (exact) mass is 603 g/mol. The molecule has 232 valence electrons. The minimum absolute atomic E-state index is 0.143. The van der Waals surface area contributed by atoms with Gasteiger partial charge in [0.05, 0.1) is 25.2 Å². The van der Waals surface area contributed by atoms with Crippen LogP contribution in [-0.4, -0.2) is 40.0 Å². The van der Waals surface area contributed by atoms with E-state index in [-0.39, 0.29) is 13.0 Å². The molecule has 2 N–H and O–H groups in total. The third-order valence-corrected chi connectivity index (χ3v) is 7.01. The van der Waals surface area contributed by atoms with E-state index in [0.29, 0.717) is 35.6 Å². The van der Waals surface area contributed by atoms with Crippen molar-refractivity contribution in [1.82, 2.24) is 4.98 Å². The average molecular weight is 604 g/mol. The second kappa shape index (κ2) is 14.0. The van der Waals surface area contributed by atoms with E-state index in [4.69, 9.17) is 19.6 Å². The summed E-state index contributed by atoms with van der Waals surface area (Å²) in [5, 5.41) is 18.2. The van der Waals surface area contributed by atoms with Crippen molar-refractivity contribution in [3.8, 4) is 33.8 Å². The number of fused-ring (bicyclic) bond motifs is 1. The van der Waals surface area contributed by atoms with E-state index < -0.39 is 23.2 Å². The van der Waals surface area contributed by atoms with Gasteiger partial charge in [-0.3, -0.25) is 9.78 Å². The van der Waals surface area contributed by atoms with Gasteiger partial charge in [0, 0.05) is 29.4 Å². The topological polar surface area (TPSA) is 88.9 Å². The van der Waals surface area contributed by atoms with Crippen molar-refractivity contribution >= 4 is 5.97 Å². The van der Waals surface area contributed by atoms with Gasteiger partial charge >= 0.3 is 5.97 Å². The normalized spacial score (nSPS) is 12.5. The van der Waals surface area contributed by atoms with Crippen LogP contribution in [0.3, 0.4) is 0 Å². The number of hydrogen-bond donors (Lipinski definition) is 2. The smallest absolute Gasteiger partial charge is 0.307 e. The summed E-state index contributed by atoms with van der Waals surface area (Å²) in [6.07, 6.45) is 2.01. The largest absolute Gasteiger partial charge is 0.493 e. The molecule has 6 nitrogen and oxygen atoms in total. The van der Waals surface area contributed by atoms with Gasteiger partial charge in [-0.25, -0.2) is 8.78 Å². The van der Waals surface area contributed by atoms with Gasteiger partial charge in [-0.2, -0.15) is 0 Å². The van der Waals surface area contributed by atoms with Crippen LogP contribution in [0, 0.1) is 25.5 Å². The number of aromatic nitrogens is 1. The molecule has 0 aliphatic carbocycles. The molecule has 0 saturated carbocycles. The number of carboxylic acids is 1. The van der Waals surface area contributed by atoms with E-state index >= 15 is 0 Å². The molecule has 1 aliphatic rings. The Bertz CT molecular complexity index is 1620. The van der Waals surface area contributed by atoms with Crippen LogP contribution in [0.2, 0.25) is 0 Å². The standard InChI is InChI=1S/C32H29F2NO4.C4H10O/c1-19-27(18-30(36)37)32(24-8-12-29-23(16-24)4-3-14-39-29)31(20(2)35-19)22-6-10-26(11-7-22)38-15-13-21-5-9-25(33)17-28(21)34;1-4(2,3)5/h5-12,16-17H,3-4,13-15,18H2,1-2H3,(H,36,37);5H,1-3H3. The quantitative estimate of drug-likeness (QED) is 0.215. The first-order valence-electron chi connectivity index (χ1n) is 14.7. The lowest BCUT2D eigenvalue weighted by atomic mass is 9.86. The Morgan fingerprint density at radius 3 is 2.30 bits per heavy atom. The molecular weight excluding hydrogens is 564 g/mol. The molecule has 0 bridgehead atoms. The SMILES string of the molecule is CC(C)(C)O.Cc1nc(C)c(-c2ccc(OCCc3ccc(F)cc3F)cc2)c(-c2ccc3c(c2)CCCO3)c1CC(=O)O. The molecule has 3 aromatic carbocycles. The van der Waals surface area contributed by atoms with Crippen LogP contribution < -0.4 is 9.47 Å². The van der Waals surface area contributed by atoms with Gasteiger partial charge < -0.3 is 19.7 Å². The van der Waals surface area contributed by atoms with Gasteiger partial charge in [-0.15, -0.1) is 0 Å². The first kappa shape index (κ1) is 32.6. The average Bonchev–Trinajstić information content (AvgIpc) is 2.94. The van der Waals surface area contributed by atoms with Gasteiger partial charge in [-0.05, 0) is 111 Å². The molecule has 0 fully saturated rings. The first-order chi connectivity index (χ1) is 20.8. The number of hydrogen-bond acceptors (Lipinski definition) is 5. The zero-order chi connectivity index (χ0) is 32.0. The summed E-state index contributed by atoms with van der Waals surface area (Å²) in [5.41, 5.74) is 6.71. The van der Waals surface area contributed by atoms with Crippen LogP contribution in [0.25, 0.3) is 22.3 Å². The number of ether oxygens (including phenoxy) is 2. The highest BCUT2D eigenvalue weighted by atomic mass is 19.1. The summed E-state index contributed by atoms with van der Waals surface area (Å²) in [7, 11) is 0. The van der Waals surface area contributed by atoms with Crippen LogP contribution in [-0.2, 0) is 24.1 Å². The van der Waals surface area contributed by atoms with Crippen molar-refractivity contribution in [2.45, 2.75) is 65.9 Å². The van der Waals surface area contributed by atoms with Crippen LogP contribution in [0.1, 0.15) is 55.3 Å². The van der Waals surface area contributed by atoms with Crippen molar-refractivity contribution in [3.05, 3.63) is 100 Å². The molecule has 0 atom stereocenters. The second-order valence-electron chi connectivity index (χ2n) is 11.9. The molecule has 0 spiro atoms. The predicted octanol–water partition coefficient (Wildman–Crippen LogP) is 7.66. The zero-order valence-electron chi connectivity index (χ0n) is 25.8. The maximum atomic E-state index is 13.9. The third-order valence-electron chi connectivity index (χ3n) is 7.01. The summed E-state index contributed by atoms with van der Waals surface area (Å²) >= 11 is 0. The summed E-state index contributed by atoms with van der Waals surface area (Å²) in [6.45, 7) is 9.94. The van der Waals surface area contributed by atoms with Crippen LogP contribution >= 0.6 is 0 Å². The van der Waals surface area contributed by atoms with E-state index in [9.17, 15) is 18.7 Å². The third kappa shape index (κ3) is 8.63. The number of aryl methyl sites for hydroxylation is 3. The molecular formula is C36H39F2NO5. The summed E-state index contributed by atoms with van der Waals surface area (Å²) < 4.78 is 38.7. The minimum atomic E-state index is -0.918. The summed E-state index contributed by atoms with van der Waals surface area (Å²) in [4.78, 5) is 16.6. The summed E-state index contributed by atoms with van der Waals surface area (Å²) in [5.74, 6) is -0.635. The van der Waals surface area contributed by atoms with Crippen LogP contribution in [0.15, 0.2) is 60.7 Å². The first-order valence-corrected chi connectivity index (χ1v) is 14.7. The van der Waals surface area contributed by atoms with Crippen molar-refractivity contribution in [3.63, 3.8) is 0 Å². The molecule has 8 heteroatoms. The molecule has 0 radical (unpaired) electrons. The fraction of sp³-hybridized carbons (Fsp3) is 0.333. The number of carbonyl (C=O) groups is 1. The lowest BCUT2D eigenvalue weighted by Gasteiger charge is -2.22. The van der Waals surface area contributed by atoms with E-state index in [1.807, 2.05) is 50.2 Å². The van der Waals surface area contributed by atoms with Crippen molar-refractivity contribution in [1.29, 1.82) is 0 Å². The highest BCUT2D eigenvalue weighted by molar-refractivity contribution is 5.90. The Labute approximate surface area is 257 Å². The molecule has 1 aromatic heterocycles. The molecule has 0 unspecified atom stereocenters. The molecule has 2 heterocycles. The zero-order valence-corrected chi connectivity index (χ0v) is 25.8. The van der Waals surface area contributed by atoms with E-state index in [1.54, 1.807) is 20.8 Å². The van der Waals surface area contributed by atoms with E-state index in [2.05, 4.69) is 6.07 Å². The maximum Gasteiger partial charge on any atom is 0.307 e. The predicted molar refractivity (Wildman–Crippen MR) is 167 cm³/mol. The number of rotatable bonds is 8. The van der Waals surface area contributed by atoms with Gasteiger partial charge in [-0.1, -0.05) is 24.3 Å². The van der Waals surface area contributed by atoms with Gasteiger partial charge in [0.1, 0.15) is 23.1 Å². The maximum absolute atomic E-state index is 13.9. The van der Waals surface area contributed by atoms with Crippen LogP contribution in [0.5, 0.6) is 11.5 Å². The Morgan fingerprint density at radius 1 is 0.955 bits per heavy atom. The second-order valence-corrected chi connectivity index (χ2v) is 11.9.